The van der Waals surface area contributed by atoms with Crippen LogP contribution in [0.2, 0.25) is 0 Å². The van der Waals surface area contributed by atoms with Gasteiger partial charge in [0.15, 0.2) is 5.65 Å². The minimum absolute atomic E-state index is 0.315. The molecule has 3 N–H and O–H groups in total. The number of morpholine rings is 1. The highest BCUT2D eigenvalue weighted by molar-refractivity contribution is 5.69. The number of pyridine rings is 1. The molecule has 4 rings (SSSR count). The van der Waals surface area contributed by atoms with E-state index in [4.69, 9.17) is 4.74 Å². The quantitative estimate of drug-likeness (QED) is 0.690. The first-order chi connectivity index (χ1) is 14.0. The average molecular weight is 402 g/mol. The summed E-state index contributed by atoms with van der Waals surface area (Å²) in [5.74, 6) is 0.377. The van der Waals surface area contributed by atoms with Gasteiger partial charge in [-0.2, -0.15) is 0 Å². The number of nitrogens with one attached hydrogen (secondary N) is 2. The van der Waals surface area contributed by atoms with Gasteiger partial charge in [0, 0.05) is 56.9 Å². The molecular formula is C22H35N5O2. The van der Waals surface area contributed by atoms with Crippen LogP contribution in [0.25, 0.3) is 5.65 Å². The summed E-state index contributed by atoms with van der Waals surface area (Å²) in [5.41, 5.74) is 4.05. The van der Waals surface area contributed by atoms with E-state index in [1.165, 1.54) is 5.69 Å². The van der Waals surface area contributed by atoms with Crippen molar-refractivity contribution < 1.29 is 9.84 Å². The number of imidazole rings is 1. The fraction of sp³-hybridized carbons (Fsp3) is 0.682. The summed E-state index contributed by atoms with van der Waals surface area (Å²) in [4.78, 5) is 7.20. The molecule has 0 radical (unpaired) electrons. The fourth-order valence-electron chi connectivity index (χ4n) is 4.39. The minimum atomic E-state index is -0.506. The lowest BCUT2D eigenvalue weighted by Gasteiger charge is -2.36. The van der Waals surface area contributed by atoms with Crippen LogP contribution in [0.15, 0.2) is 18.5 Å². The van der Waals surface area contributed by atoms with Crippen LogP contribution in [0.5, 0.6) is 0 Å². The van der Waals surface area contributed by atoms with Gasteiger partial charge >= 0.3 is 0 Å². The van der Waals surface area contributed by atoms with Gasteiger partial charge in [-0.3, -0.25) is 0 Å². The van der Waals surface area contributed by atoms with E-state index in [1.807, 2.05) is 19.3 Å². The summed E-state index contributed by atoms with van der Waals surface area (Å²) in [6.45, 7) is 12.1. The van der Waals surface area contributed by atoms with Crippen LogP contribution in [0.1, 0.15) is 56.9 Å². The van der Waals surface area contributed by atoms with Crippen LogP contribution in [0.4, 0.5) is 5.69 Å². The van der Waals surface area contributed by atoms with Crippen molar-refractivity contribution in [1.82, 2.24) is 19.6 Å². The van der Waals surface area contributed by atoms with Gasteiger partial charge in [0.1, 0.15) is 0 Å². The molecule has 2 saturated heterocycles. The van der Waals surface area contributed by atoms with Crippen LogP contribution < -0.4 is 10.6 Å². The van der Waals surface area contributed by atoms with Crippen LogP contribution >= 0.6 is 0 Å². The zero-order valence-electron chi connectivity index (χ0n) is 17.9. The predicted octanol–water partition coefficient (Wildman–Crippen LogP) is 2.38. The Bertz CT molecular complexity index is 805. The molecule has 160 valence electrons. The molecule has 2 aliphatic rings. The molecule has 2 atom stereocenters. The molecule has 0 spiro atoms. The lowest BCUT2D eigenvalue weighted by molar-refractivity contribution is 0.00179. The Hall–Kier alpha value is -1.67. The Balaban J connectivity index is 1.44. The molecular weight excluding hydrogens is 366 g/mol. The number of fused-ring (bicyclic) bond motifs is 1. The smallest absolute Gasteiger partial charge is 0.160 e. The van der Waals surface area contributed by atoms with E-state index in [0.29, 0.717) is 18.1 Å². The first-order valence-corrected chi connectivity index (χ1v) is 11.0. The van der Waals surface area contributed by atoms with Crippen LogP contribution in [0.3, 0.4) is 0 Å². The molecule has 29 heavy (non-hydrogen) atoms. The molecule has 0 amide bonds. The number of aliphatic hydroxyl groups excluding tert-OH is 1. The Morgan fingerprint density at radius 3 is 2.76 bits per heavy atom. The number of rotatable bonds is 6. The molecule has 2 unspecified atom stereocenters. The van der Waals surface area contributed by atoms with Crippen molar-refractivity contribution in [2.75, 3.05) is 44.6 Å². The third-order valence-corrected chi connectivity index (χ3v) is 6.14. The van der Waals surface area contributed by atoms with Crippen molar-refractivity contribution in [2.24, 2.45) is 0 Å². The number of hydrogen-bond acceptors (Lipinski definition) is 6. The van der Waals surface area contributed by atoms with Gasteiger partial charge in [-0.05, 0) is 37.3 Å². The topological polar surface area (TPSA) is 74.1 Å². The van der Waals surface area contributed by atoms with Crippen LogP contribution in [-0.2, 0) is 4.74 Å². The molecule has 2 aromatic rings. The minimum Gasteiger partial charge on any atom is -0.389 e. The van der Waals surface area contributed by atoms with E-state index in [9.17, 15) is 5.11 Å². The molecule has 4 heterocycles. The molecule has 0 aromatic carbocycles. The molecule has 0 saturated carbocycles. The zero-order chi connectivity index (χ0) is 20.4. The van der Waals surface area contributed by atoms with Crippen molar-refractivity contribution in [2.45, 2.75) is 57.8 Å². The number of hydrogen-bond donors (Lipinski definition) is 3. The second kappa shape index (κ2) is 9.00. The van der Waals surface area contributed by atoms with Crippen molar-refractivity contribution in [3.63, 3.8) is 0 Å². The van der Waals surface area contributed by atoms with Crippen LogP contribution in [-0.4, -0.2) is 70.9 Å². The largest absolute Gasteiger partial charge is 0.389 e. The second-order valence-corrected chi connectivity index (χ2v) is 8.81. The van der Waals surface area contributed by atoms with Crippen molar-refractivity contribution >= 4 is 11.3 Å². The summed E-state index contributed by atoms with van der Waals surface area (Å²) in [5, 5.41) is 17.3. The van der Waals surface area contributed by atoms with Gasteiger partial charge in [-0.1, -0.05) is 13.8 Å². The molecule has 7 nitrogen and oxygen atoms in total. The van der Waals surface area contributed by atoms with Gasteiger partial charge in [-0.15, -0.1) is 0 Å². The van der Waals surface area contributed by atoms with Gasteiger partial charge in [0.05, 0.1) is 24.5 Å². The fourth-order valence-corrected chi connectivity index (χ4v) is 4.39. The Morgan fingerprint density at radius 1 is 1.31 bits per heavy atom. The second-order valence-electron chi connectivity index (χ2n) is 8.81. The monoisotopic (exact) mass is 401 g/mol. The summed E-state index contributed by atoms with van der Waals surface area (Å²) >= 11 is 0. The highest BCUT2D eigenvalue weighted by Gasteiger charge is 2.24. The molecule has 2 aromatic heterocycles. The maximum absolute atomic E-state index is 10.2. The number of nitrogens with zero attached hydrogens (tertiary/aromatic N) is 3. The number of aliphatic hydroxyl groups is 1. The molecule has 0 aliphatic carbocycles. The normalized spacial score (nSPS) is 23.0. The summed E-state index contributed by atoms with van der Waals surface area (Å²) in [7, 11) is 0. The standard InChI is InChI=1S/C22H35N5O2/c1-15(2)21-12-24-22-20(10-17(16(3)28)13-27(21)22)25-18-4-7-26(8-5-18)14-19-11-23-6-9-29-19/h10,12-13,15-16,18-19,23,25,28H,4-9,11,14H2,1-3H3. The number of ether oxygens (including phenoxy) is 1. The van der Waals surface area contributed by atoms with E-state index in [-0.39, 0.29) is 0 Å². The van der Waals surface area contributed by atoms with Gasteiger partial charge < -0.3 is 29.8 Å². The van der Waals surface area contributed by atoms with E-state index >= 15 is 0 Å². The van der Waals surface area contributed by atoms with E-state index in [0.717, 1.165) is 69.1 Å². The molecule has 2 fully saturated rings. The van der Waals surface area contributed by atoms with Crippen LogP contribution in [0, 0.1) is 0 Å². The lowest BCUT2D eigenvalue weighted by atomic mass is 10.0. The van der Waals surface area contributed by atoms with E-state index < -0.39 is 6.10 Å². The van der Waals surface area contributed by atoms with Crippen molar-refractivity contribution in [1.29, 1.82) is 0 Å². The van der Waals surface area contributed by atoms with E-state index in [1.54, 1.807) is 0 Å². The summed E-state index contributed by atoms with van der Waals surface area (Å²) in [6, 6.07) is 2.48. The average Bonchev–Trinajstić information content (AvgIpc) is 3.15. The molecule has 0 bridgehead atoms. The Labute approximate surface area is 173 Å². The number of anilines is 1. The lowest BCUT2D eigenvalue weighted by Crippen LogP contribution is -2.48. The third-order valence-electron chi connectivity index (χ3n) is 6.14. The SMILES string of the molecule is CC(C)c1cnc2c(NC3CCN(CC4CNCCO4)CC3)cc(C(C)O)cn12. The van der Waals surface area contributed by atoms with Gasteiger partial charge in [-0.25, -0.2) is 4.98 Å². The van der Waals surface area contributed by atoms with E-state index in [2.05, 4.69) is 44.8 Å². The van der Waals surface area contributed by atoms with Gasteiger partial charge in [0.2, 0.25) is 0 Å². The highest BCUT2D eigenvalue weighted by atomic mass is 16.5. The summed E-state index contributed by atoms with van der Waals surface area (Å²) < 4.78 is 7.99. The molecule has 2 aliphatic heterocycles. The maximum Gasteiger partial charge on any atom is 0.160 e. The first-order valence-electron chi connectivity index (χ1n) is 11.0. The summed E-state index contributed by atoms with van der Waals surface area (Å²) in [6.07, 6.45) is 5.99. The molecule has 7 heteroatoms. The van der Waals surface area contributed by atoms with Crippen molar-refractivity contribution in [3.8, 4) is 0 Å². The first kappa shape index (κ1) is 20.6. The number of aromatic nitrogens is 2. The predicted molar refractivity (Wildman–Crippen MR) is 116 cm³/mol. The Morgan fingerprint density at radius 2 is 2.10 bits per heavy atom. The van der Waals surface area contributed by atoms with Gasteiger partial charge in [0.25, 0.3) is 0 Å². The number of likely N-dealkylation sites (tertiary alicyclic amines) is 1. The highest BCUT2D eigenvalue weighted by Crippen LogP contribution is 2.28. The maximum atomic E-state index is 10.2. The zero-order valence-corrected chi connectivity index (χ0v) is 17.9. The third kappa shape index (κ3) is 4.74. The number of piperidine rings is 1. The van der Waals surface area contributed by atoms with Crippen molar-refractivity contribution in [3.05, 3.63) is 29.7 Å². The Kier molecular flexibility index (Phi) is 6.39.